The molecule has 1 unspecified atom stereocenters. The van der Waals surface area contributed by atoms with Gasteiger partial charge in [0.1, 0.15) is 0 Å². The summed E-state index contributed by atoms with van der Waals surface area (Å²) in [5.41, 5.74) is 4.44. The maximum absolute atomic E-state index is 11.0. The molecule has 2 aromatic rings. The van der Waals surface area contributed by atoms with Crippen LogP contribution >= 0.6 is 0 Å². The first-order valence-electron chi connectivity index (χ1n) is 11.7. The van der Waals surface area contributed by atoms with Crippen molar-refractivity contribution >= 4 is 12.0 Å². The molecule has 0 aromatic heterocycles. The van der Waals surface area contributed by atoms with E-state index in [4.69, 9.17) is 5.11 Å². The van der Waals surface area contributed by atoms with Crippen molar-refractivity contribution in [1.82, 2.24) is 10.2 Å². The van der Waals surface area contributed by atoms with Crippen LogP contribution in [0.4, 0.5) is 0 Å². The van der Waals surface area contributed by atoms with Crippen molar-refractivity contribution in [1.29, 1.82) is 0 Å². The van der Waals surface area contributed by atoms with Crippen molar-refractivity contribution < 1.29 is 9.90 Å². The zero-order valence-corrected chi connectivity index (χ0v) is 18.5. The van der Waals surface area contributed by atoms with Gasteiger partial charge in [-0.1, -0.05) is 61.0 Å². The fourth-order valence-corrected chi connectivity index (χ4v) is 4.74. The van der Waals surface area contributed by atoms with Crippen LogP contribution in [0.1, 0.15) is 54.1 Å². The second-order valence-corrected chi connectivity index (χ2v) is 9.06. The first kappa shape index (κ1) is 21.8. The average molecular weight is 419 g/mol. The summed E-state index contributed by atoms with van der Waals surface area (Å²) in [5, 5.41) is 12.9. The molecule has 1 saturated carbocycles. The topological polar surface area (TPSA) is 52.6 Å². The molecule has 1 heterocycles. The van der Waals surface area contributed by atoms with E-state index in [-0.39, 0.29) is 0 Å². The largest absolute Gasteiger partial charge is 0.478 e. The van der Waals surface area contributed by atoms with Gasteiger partial charge in [-0.3, -0.25) is 4.90 Å². The molecule has 0 radical (unpaired) electrons. The molecular weight excluding hydrogens is 384 g/mol. The van der Waals surface area contributed by atoms with Crippen LogP contribution in [-0.4, -0.2) is 41.7 Å². The van der Waals surface area contributed by atoms with Crippen molar-refractivity contribution in [3.63, 3.8) is 0 Å². The fourth-order valence-electron chi connectivity index (χ4n) is 4.74. The summed E-state index contributed by atoms with van der Waals surface area (Å²) in [6.07, 6.45) is 7.26. The van der Waals surface area contributed by atoms with Gasteiger partial charge in [0.2, 0.25) is 0 Å². The number of carbonyl (C=O) groups is 1. The molecule has 2 aliphatic rings. The van der Waals surface area contributed by atoms with Gasteiger partial charge in [0.15, 0.2) is 0 Å². The maximum atomic E-state index is 11.0. The Morgan fingerprint density at radius 2 is 1.81 bits per heavy atom. The maximum Gasteiger partial charge on any atom is 0.335 e. The van der Waals surface area contributed by atoms with Gasteiger partial charge in [-0.05, 0) is 80.4 Å². The Bertz CT molecular complexity index is 883. The Hall–Kier alpha value is -2.43. The predicted molar refractivity (Wildman–Crippen MR) is 126 cm³/mol. The number of benzene rings is 2. The molecule has 4 rings (SSSR count). The lowest BCUT2D eigenvalue weighted by Gasteiger charge is -2.32. The molecule has 0 amide bonds. The molecule has 2 fully saturated rings. The summed E-state index contributed by atoms with van der Waals surface area (Å²) < 4.78 is 0. The van der Waals surface area contributed by atoms with Crippen molar-refractivity contribution in [2.75, 3.05) is 19.6 Å². The van der Waals surface area contributed by atoms with Gasteiger partial charge in [-0.2, -0.15) is 0 Å². The van der Waals surface area contributed by atoms with Gasteiger partial charge in [0.05, 0.1) is 5.56 Å². The average Bonchev–Trinajstić information content (AvgIpc) is 3.57. The fraction of sp³-hybridized carbons (Fsp3) is 0.444. The standard InChI is InChI=1S/C27H34N2O2/c1-2-23(16-20-6-4-3-5-7-20)25-17-26(25)28-18-21-12-14-29(15-13-21)19-22-8-10-24(11-9-22)27(30)31/h3-11,16,21,25-26,28H,2,12-15,17-19H2,1H3,(H,30,31)/t25?,26-/m0/s1. The summed E-state index contributed by atoms with van der Waals surface area (Å²) >= 11 is 0. The van der Waals surface area contributed by atoms with E-state index in [1.54, 1.807) is 17.7 Å². The smallest absolute Gasteiger partial charge is 0.335 e. The third-order valence-electron chi connectivity index (χ3n) is 6.81. The molecule has 2 aromatic carbocycles. The highest BCUT2D eigenvalue weighted by Crippen LogP contribution is 2.40. The molecular formula is C27H34N2O2. The number of nitrogens with one attached hydrogen (secondary N) is 1. The van der Waals surface area contributed by atoms with E-state index in [1.165, 1.54) is 30.4 Å². The summed E-state index contributed by atoms with van der Waals surface area (Å²) in [7, 11) is 0. The molecule has 1 aliphatic heterocycles. The minimum atomic E-state index is -0.862. The number of aromatic carboxylic acids is 1. The molecule has 1 aliphatic carbocycles. The van der Waals surface area contributed by atoms with Crippen LogP contribution < -0.4 is 5.32 Å². The highest BCUT2D eigenvalue weighted by atomic mass is 16.4. The summed E-state index contributed by atoms with van der Waals surface area (Å²) in [6, 6.07) is 18.6. The lowest BCUT2D eigenvalue weighted by molar-refractivity contribution is 0.0697. The molecule has 31 heavy (non-hydrogen) atoms. The molecule has 4 nitrogen and oxygen atoms in total. The minimum absolute atomic E-state index is 0.358. The van der Waals surface area contributed by atoms with E-state index in [9.17, 15) is 4.79 Å². The molecule has 4 heteroatoms. The molecule has 2 atom stereocenters. The van der Waals surface area contributed by atoms with Crippen molar-refractivity contribution in [3.05, 3.63) is 76.9 Å². The Balaban J connectivity index is 1.18. The first-order chi connectivity index (χ1) is 15.1. The number of carboxylic acid groups (broad SMARTS) is 1. The van der Waals surface area contributed by atoms with Crippen LogP contribution in [0.25, 0.3) is 6.08 Å². The number of rotatable bonds is 9. The number of likely N-dealkylation sites (tertiary alicyclic amines) is 1. The van der Waals surface area contributed by atoms with Crippen LogP contribution in [0.2, 0.25) is 0 Å². The number of piperidine rings is 1. The molecule has 1 saturated heterocycles. The summed E-state index contributed by atoms with van der Waals surface area (Å²) in [6.45, 7) is 6.55. The van der Waals surface area contributed by atoms with E-state index in [0.29, 0.717) is 17.5 Å². The molecule has 164 valence electrons. The zero-order chi connectivity index (χ0) is 21.6. The van der Waals surface area contributed by atoms with Gasteiger partial charge in [0, 0.05) is 12.6 Å². The van der Waals surface area contributed by atoms with E-state index < -0.39 is 5.97 Å². The summed E-state index contributed by atoms with van der Waals surface area (Å²) in [5.74, 6) is 0.605. The normalized spacial score (nSPS) is 22.4. The van der Waals surface area contributed by atoms with Crippen LogP contribution in [-0.2, 0) is 6.54 Å². The quantitative estimate of drug-likeness (QED) is 0.597. The predicted octanol–water partition coefficient (Wildman–Crippen LogP) is 5.07. The van der Waals surface area contributed by atoms with Crippen LogP contribution in [0, 0.1) is 11.8 Å². The molecule has 2 N–H and O–H groups in total. The summed E-state index contributed by atoms with van der Waals surface area (Å²) in [4.78, 5) is 13.5. The second kappa shape index (κ2) is 10.3. The van der Waals surface area contributed by atoms with Gasteiger partial charge in [0.25, 0.3) is 0 Å². The highest BCUT2D eigenvalue weighted by molar-refractivity contribution is 5.87. The zero-order valence-electron chi connectivity index (χ0n) is 18.5. The van der Waals surface area contributed by atoms with E-state index in [1.807, 2.05) is 12.1 Å². The Kier molecular flexibility index (Phi) is 7.21. The van der Waals surface area contributed by atoms with Crippen molar-refractivity contribution in [2.45, 2.75) is 45.2 Å². The third kappa shape index (κ3) is 6.05. The Labute approximate surface area is 186 Å². The third-order valence-corrected chi connectivity index (χ3v) is 6.81. The van der Waals surface area contributed by atoms with Gasteiger partial charge in [-0.15, -0.1) is 0 Å². The number of hydrogen-bond donors (Lipinski definition) is 2. The van der Waals surface area contributed by atoms with Gasteiger partial charge >= 0.3 is 5.97 Å². The van der Waals surface area contributed by atoms with Gasteiger partial charge in [-0.25, -0.2) is 4.79 Å². The van der Waals surface area contributed by atoms with Crippen molar-refractivity contribution in [2.24, 2.45) is 11.8 Å². The van der Waals surface area contributed by atoms with Gasteiger partial charge < -0.3 is 10.4 Å². The molecule has 0 spiro atoms. The van der Waals surface area contributed by atoms with Crippen LogP contribution in [0.3, 0.4) is 0 Å². The lowest BCUT2D eigenvalue weighted by Crippen LogP contribution is -2.37. The van der Waals surface area contributed by atoms with Crippen molar-refractivity contribution in [3.8, 4) is 0 Å². The Morgan fingerprint density at radius 3 is 2.45 bits per heavy atom. The minimum Gasteiger partial charge on any atom is -0.478 e. The van der Waals surface area contributed by atoms with E-state index in [2.05, 4.69) is 53.5 Å². The van der Waals surface area contributed by atoms with Crippen LogP contribution in [0.15, 0.2) is 60.2 Å². The second-order valence-electron chi connectivity index (χ2n) is 9.06. The number of hydrogen-bond acceptors (Lipinski definition) is 3. The van der Waals surface area contributed by atoms with Crippen LogP contribution in [0.5, 0.6) is 0 Å². The first-order valence-corrected chi connectivity index (χ1v) is 11.7. The number of nitrogens with zero attached hydrogens (tertiary/aromatic N) is 1. The lowest BCUT2D eigenvalue weighted by atomic mass is 9.96. The number of carboxylic acids is 1. The Morgan fingerprint density at radius 1 is 1.10 bits per heavy atom. The van der Waals surface area contributed by atoms with E-state index in [0.717, 1.165) is 38.5 Å². The SMILES string of the molecule is CCC(=Cc1ccccc1)C1C[C@@H]1NCC1CCN(Cc2ccc(C(=O)O)cc2)CC1. The monoisotopic (exact) mass is 418 g/mol. The van der Waals surface area contributed by atoms with E-state index >= 15 is 0 Å². The molecule has 0 bridgehead atoms. The highest BCUT2D eigenvalue weighted by Gasteiger charge is 2.39.